The fourth-order valence-electron chi connectivity index (χ4n) is 2.70. The van der Waals surface area contributed by atoms with E-state index in [1.807, 2.05) is 35.1 Å². The fraction of sp³-hybridized carbons (Fsp3) is 0.412. The molecule has 23 heavy (non-hydrogen) atoms. The van der Waals surface area contributed by atoms with Gasteiger partial charge < -0.3 is 15.4 Å². The minimum Gasteiger partial charge on any atom is -0.376 e. The second-order valence-electron chi connectivity index (χ2n) is 5.67. The largest absolute Gasteiger partial charge is 0.376 e. The Morgan fingerprint density at radius 1 is 1.26 bits per heavy atom. The molecule has 6 heteroatoms. The molecule has 0 bridgehead atoms. The topological polar surface area (TPSA) is 68.2 Å². The summed E-state index contributed by atoms with van der Waals surface area (Å²) in [6.07, 6.45) is 5.95. The maximum absolute atomic E-state index is 11.9. The van der Waals surface area contributed by atoms with Gasteiger partial charge in [-0.25, -0.2) is 4.79 Å². The van der Waals surface area contributed by atoms with Crippen molar-refractivity contribution in [2.24, 2.45) is 0 Å². The van der Waals surface area contributed by atoms with Crippen LogP contribution in [-0.4, -0.2) is 35.1 Å². The third kappa shape index (κ3) is 4.56. The Kier molecular flexibility index (Phi) is 5.26. The van der Waals surface area contributed by atoms with E-state index in [0.29, 0.717) is 19.6 Å². The first-order valence-electron chi connectivity index (χ1n) is 7.99. The molecule has 0 spiro atoms. The van der Waals surface area contributed by atoms with Crippen molar-refractivity contribution in [1.82, 2.24) is 20.4 Å². The average Bonchev–Trinajstić information content (AvgIpc) is 3.25. The second kappa shape index (κ2) is 7.78. The van der Waals surface area contributed by atoms with Gasteiger partial charge in [0.2, 0.25) is 0 Å². The molecule has 2 N–H and O–H groups in total. The van der Waals surface area contributed by atoms with Gasteiger partial charge in [-0.3, -0.25) is 4.68 Å². The predicted octanol–water partition coefficient (Wildman–Crippen LogP) is 1.91. The van der Waals surface area contributed by atoms with Crippen LogP contribution in [0.1, 0.15) is 24.0 Å². The minimum absolute atomic E-state index is 0.158. The van der Waals surface area contributed by atoms with Crippen molar-refractivity contribution >= 4 is 6.03 Å². The summed E-state index contributed by atoms with van der Waals surface area (Å²) in [5.41, 5.74) is 2.24. The highest BCUT2D eigenvalue weighted by Gasteiger charge is 2.16. The molecule has 1 fully saturated rings. The van der Waals surface area contributed by atoms with Crippen molar-refractivity contribution in [1.29, 1.82) is 0 Å². The molecule has 0 radical (unpaired) electrons. The van der Waals surface area contributed by atoms with Gasteiger partial charge in [-0.15, -0.1) is 0 Å². The van der Waals surface area contributed by atoms with Gasteiger partial charge >= 0.3 is 6.03 Å². The van der Waals surface area contributed by atoms with Gasteiger partial charge in [0.15, 0.2) is 0 Å². The molecule has 2 aromatic rings. The molecule has 2 amide bonds. The summed E-state index contributed by atoms with van der Waals surface area (Å²) in [6, 6.07) is 9.81. The van der Waals surface area contributed by atoms with Crippen LogP contribution in [0.15, 0.2) is 42.7 Å². The number of urea groups is 1. The van der Waals surface area contributed by atoms with Gasteiger partial charge in [-0.05, 0) is 30.0 Å². The summed E-state index contributed by atoms with van der Waals surface area (Å²) >= 11 is 0. The number of ether oxygens (including phenoxy) is 1. The molecule has 2 heterocycles. The number of hydrogen-bond acceptors (Lipinski definition) is 3. The first-order valence-corrected chi connectivity index (χ1v) is 7.99. The highest BCUT2D eigenvalue weighted by Crippen LogP contribution is 2.11. The molecular weight excluding hydrogens is 292 g/mol. The van der Waals surface area contributed by atoms with E-state index in [-0.39, 0.29) is 12.1 Å². The molecule has 122 valence electrons. The van der Waals surface area contributed by atoms with Crippen molar-refractivity contribution in [2.45, 2.75) is 32.0 Å². The molecule has 0 aliphatic carbocycles. The molecule has 1 aromatic carbocycles. The Morgan fingerprint density at radius 3 is 2.87 bits per heavy atom. The first-order chi connectivity index (χ1) is 11.3. The van der Waals surface area contributed by atoms with E-state index in [9.17, 15) is 4.79 Å². The Bertz CT molecular complexity index is 621. The summed E-state index contributed by atoms with van der Waals surface area (Å²) in [6.45, 7) is 2.56. The quantitative estimate of drug-likeness (QED) is 0.856. The van der Waals surface area contributed by atoms with Crippen LogP contribution in [0.2, 0.25) is 0 Å². The summed E-state index contributed by atoms with van der Waals surface area (Å²) in [5.74, 6) is 0. The van der Waals surface area contributed by atoms with Gasteiger partial charge in [0.25, 0.3) is 0 Å². The summed E-state index contributed by atoms with van der Waals surface area (Å²) in [5, 5.41) is 10.00. The van der Waals surface area contributed by atoms with Gasteiger partial charge in [0.1, 0.15) is 0 Å². The Morgan fingerprint density at radius 2 is 2.13 bits per heavy atom. The van der Waals surface area contributed by atoms with Crippen molar-refractivity contribution in [3.05, 3.63) is 53.9 Å². The van der Waals surface area contributed by atoms with Gasteiger partial charge in [0.05, 0.1) is 12.6 Å². The van der Waals surface area contributed by atoms with Crippen molar-refractivity contribution in [3.8, 4) is 0 Å². The van der Waals surface area contributed by atoms with E-state index in [2.05, 4.69) is 21.8 Å². The average molecular weight is 314 g/mol. The lowest BCUT2D eigenvalue weighted by Crippen LogP contribution is -2.39. The Labute approximate surface area is 135 Å². The number of hydrogen-bond donors (Lipinski definition) is 2. The monoisotopic (exact) mass is 314 g/mol. The third-order valence-electron chi connectivity index (χ3n) is 3.96. The molecule has 1 aliphatic heterocycles. The highest BCUT2D eigenvalue weighted by atomic mass is 16.5. The maximum atomic E-state index is 11.9. The molecule has 6 nitrogen and oxygen atoms in total. The van der Waals surface area contributed by atoms with E-state index in [4.69, 9.17) is 4.74 Å². The summed E-state index contributed by atoms with van der Waals surface area (Å²) < 4.78 is 7.36. The summed E-state index contributed by atoms with van der Waals surface area (Å²) in [4.78, 5) is 11.9. The normalized spacial score (nSPS) is 17.1. The fourth-order valence-corrected chi connectivity index (χ4v) is 2.70. The molecular formula is C17H22N4O2. The highest BCUT2D eigenvalue weighted by molar-refractivity contribution is 5.73. The molecule has 0 saturated carbocycles. The van der Waals surface area contributed by atoms with Gasteiger partial charge in [-0.1, -0.05) is 24.3 Å². The molecule has 1 aliphatic rings. The molecule has 0 unspecified atom stereocenters. The van der Waals surface area contributed by atoms with Gasteiger partial charge in [-0.2, -0.15) is 5.10 Å². The van der Waals surface area contributed by atoms with Crippen molar-refractivity contribution < 1.29 is 9.53 Å². The van der Waals surface area contributed by atoms with Crippen molar-refractivity contribution in [2.75, 3.05) is 13.2 Å². The van der Waals surface area contributed by atoms with E-state index >= 15 is 0 Å². The zero-order chi connectivity index (χ0) is 15.9. The standard InChI is InChI=1S/C17H22N4O2/c22-17(19-12-16-7-3-10-23-16)18-11-14-5-1-2-6-15(14)13-21-9-4-8-20-21/h1-2,4-6,8-9,16H,3,7,10-13H2,(H2,18,19,22)/t16-/m0/s1. The van der Waals surface area contributed by atoms with Crippen LogP contribution in [-0.2, 0) is 17.8 Å². The van der Waals surface area contributed by atoms with E-state index in [0.717, 1.165) is 30.6 Å². The Hall–Kier alpha value is -2.34. The smallest absolute Gasteiger partial charge is 0.315 e. The molecule has 1 saturated heterocycles. The lowest BCUT2D eigenvalue weighted by atomic mass is 10.1. The first kappa shape index (κ1) is 15.6. The number of carbonyl (C=O) groups excluding carboxylic acids is 1. The van der Waals surface area contributed by atoms with Crippen LogP contribution in [0.25, 0.3) is 0 Å². The van der Waals surface area contributed by atoms with Crippen LogP contribution in [0, 0.1) is 0 Å². The molecule has 1 atom stereocenters. The maximum Gasteiger partial charge on any atom is 0.315 e. The van der Waals surface area contributed by atoms with Crippen LogP contribution >= 0.6 is 0 Å². The Balaban J connectivity index is 1.50. The second-order valence-corrected chi connectivity index (χ2v) is 5.67. The third-order valence-corrected chi connectivity index (χ3v) is 3.96. The van der Waals surface area contributed by atoms with Crippen LogP contribution in [0.4, 0.5) is 4.79 Å². The minimum atomic E-state index is -0.158. The van der Waals surface area contributed by atoms with E-state index in [1.54, 1.807) is 6.20 Å². The van der Waals surface area contributed by atoms with E-state index in [1.165, 1.54) is 0 Å². The van der Waals surface area contributed by atoms with Crippen LogP contribution in [0.3, 0.4) is 0 Å². The van der Waals surface area contributed by atoms with Crippen molar-refractivity contribution in [3.63, 3.8) is 0 Å². The van der Waals surface area contributed by atoms with Gasteiger partial charge in [0, 0.05) is 32.1 Å². The van der Waals surface area contributed by atoms with E-state index < -0.39 is 0 Å². The number of carbonyl (C=O) groups is 1. The van der Waals surface area contributed by atoms with Crippen LogP contribution in [0.5, 0.6) is 0 Å². The number of amides is 2. The number of aromatic nitrogens is 2. The lowest BCUT2D eigenvalue weighted by Gasteiger charge is -2.13. The SMILES string of the molecule is O=C(NCc1ccccc1Cn1cccn1)NC[C@@H]1CCCO1. The number of rotatable bonds is 6. The number of nitrogens with zero attached hydrogens (tertiary/aromatic N) is 2. The van der Waals surface area contributed by atoms with Crippen LogP contribution < -0.4 is 10.6 Å². The lowest BCUT2D eigenvalue weighted by molar-refractivity contribution is 0.111. The molecule has 1 aromatic heterocycles. The summed E-state index contributed by atoms with van der Waals surface area (Å²) in [7, 11) is 0. The number of benzene rings is 1. The molecule has 3 rings (SSSR count). The predicted molar refractivity (Wildman–Crippen MR) is 87.0 cm³/mol. The zero-order valence-electron chi connectivity index (χ0n) is 13.1. The zero-order valence-corrected chi connectivity index (χ0v) is 13.1. The number of nitrogens with one attached hydrogen (secondary N) is 2.